The normalized spacial score (nSPS) is 12.5. The molecule has 0 bridgehead atoms. The number of hydrogen-bond donors (Lipinski definition) is 0. The van der Waals surface area contributed by atoms with E-state index in [1.165, 1.54) is 36.2 Å². The molecule has 0 amide bonds. The first-order valence-corrected chi connectivity index (χ1v) is 5.20. The van der Waals surface area contributed by atoms with Gasteiger partial charge in [-0.3, -0.25) is 0 Å². The summed E-state index contributed by atoms with van der Waals surface area (Å²) in [6, 6.07) is 0. The van der Waals surface area contributed by atoms with Crippen LogP contribution >= 0.6 is 0 Å². The minimum Gasteiger partial charge on any atom is -1.00 e. The fourth-order valence-electron chi connectivity index (χ4n) is 0.637. The number of hydrogen-bond acceptors (Lipinski definition) is 0. The van der Waals surface area contributed by atoms with E-state index in [2.05, 4.69) is 13.8 Å². The molecule has 8 heavy (non-hydrogen) atoms. The van der Waals surface area contributed by atoms with E-state index in [1.807, 2.05) is 0 Å². The Labute approximate surface area is 68.5 Å². The van der Waals surface area contributed by atoms with Gasteiger partial charge in [-0.25, -0.2) is 0 Å². The number of halogens is 1. The third-order valence-electron chi connectivity index (χ3n) is 1.27. The fraction of sp³-hybridized carbons (Fsp3) is 1.00. The summed E-state index contributed by atoms with van der Waals surface area (Å²) in [6.07, 6.45) is 2.79. The summed E-state index contributed by atoms with van der Waals surface area (Å²) in [6.45, 7) is 4.60. The van der Waals surface area contributed by atoms with Gasteiger partial charge in [0.2, 0.25) is 0 Å². The van der Waals surface area contributed by atoms with Crippen molar-refractivity contribution in [3.63, 3.8) is 0 Å². The molecule has 0 aliphatic heterocycles. The molecule has 0 radical (unpaired) electrons. The molecule has 1 atom stereocenters. The average Bonchev–Trinajstić information content (AvgIpc) is 1.68. The second-order valence-corrected chi connectivity index (χ2v) is 3.39. The maximum absolute atomic E-state index is 2.34. The molecule has 0 nitrogen and oxygen atoms in total. The van der Waals surface area contributed by atoms with Gasteiger partial charge >= 0.3 is 55.9 Å². The van der Waals surface area contributed by atoms with Crippen molar-refractivity contribution in [1.29, 1.82) is 0 Å². The minimum atomic E-state index is 0. The predicted molar refractivity (Wildman–Crippen MR) is 28.9 cm³/mol. The van der Waals surface area contributed by atoms with Crippen molar-refractivity contribution in [2.75, 3.05) is 0 Å². The van der Waals surface area contributed by atoms with Crippen LogP contribution in [0.15, 0.2) is 0 Å². The van der Waals surface area contributed by atoms with E-state index in [0.717, 1.165) is 5.92 Å². The van der Waals surface area contributed by atoms with Crippen LogP contribution in [0.5, 0.6) is 0 Å². The summed E-state index contributed by atoms with van der Waals surface area (Å²) < 4.78 is 0. The van der Waals surface area contributed by atoms with Gasteiger partial charge in [-0.15, -0.1) is 0 Å². The van der Waals surface area contributed by atoms with E-state index in [1.54, 1.807) is 0 Å². The van der Waals surface area contributed by atoms with Gasteiger partial charge in [0.1, 0.15) is 0 Å². The van der Waals surface area contributed by atoms with Gasteiger partial charge in [-0.1, -0.05) is 0 Å². The van der Waals surface area contributed by atoms with Crippen LogP contribution < -0.4 is 12.4 Å². The molecular weight excluding hydrogens is 173 g/mol. The molecule has 0 aliphatic rings. The van der Waals surface area contributed by atoms with Crippen molar-refractivity contribution in [1.82, 2.24) is 0 Å². The van der Waals surface area contributed by atoms with Crippen LogP contribution in [0.25, 0.3) is 0 Å². The van der Waals surface area contributed by atoms with E-state index in [0.29, 0.717) is 0 Å². The molecule has 0 aromatic carbocycles. The zero-order valence-electron chi connectivity index (χ0n) is 5.78. The van der Waals surface area contributed by atoms with Gasteiger partial charge in [0.05, 0.1) is 0 Å². The minimum absolute atomic E-state index is 0. The molecule has 46 valence electrons. The van der Waals surface area contributed by atoms with Crippen LogP contribution in [0, 0.1) is 5.92 Å². The van der Waals surface area contributed by atoms with Crippen molar-refractivity contribution >= 4 is 0 Å². The first-order valence-electron chi connectivity index (χ1n) is 3.10. The van der Waals surface area contributed by atoms with E-state index < -0.39 is 0 Å². The van der Waals surface area contributed by atoms with Crippen molar-refractivity contribution in [3.05, 3.63) is 0 Å². The van der Waals surface area contributed by atoms with Crippen LogP contribution in [0.4, 0.5) is 0 Å². The molecule has 0 saturated carbocycles. The Morgan fingerprint density at radius 1 is 1.50 bits per heavy atom. The SMILES string of the molecule is CCCC(C)[CH2][Zn+].[Cl-]. The van der Waals surface area contributed by atoms with Crippen LogP contribution in [0.2, 0.25) is 5.02 Å². The zero-order valence-corrected chi connectivity index (χ0v) is 9.51. The Morgan fingerprint density at radius 2 is 2.00 bits per heavy atom. The third-order valence-corrected chi connectivity index (χ3v) is 3.34. The molecule has 2 heteroatoms. The molecule has 0 fully saturated rings. The first-order chi connectivity index (χ1) is 3.31. The van der Waals surface area contributed by atoms with E-state index in [9.17, 15) is 0 Å². The molecular formula is C6H13ClZn. The van der Waals surface area contributed by atoms with Gasteiger partial charge in [0.15, 0.2) is 0 Å². The summed E-state index contributed by atoms with van der Waals surface area (Å²) >= 11 is 1.47. The maximum atomic E-state index is 2.34. The molecule has 1 unspecified atom stereocenters. The Hall–Kier alpha value is 0.913. The summed E-state index contributed by atoms with van der Waals surface area (Å²) in [5, 5.41) is 1.47. The van der Waals surface area contributed by atoms with Crippen molar-refractivity contribution in [3.8, 4) is 0 Å². The Bertz CT molecular complexity index is 39.5. The second-order valence-electron chi connectivity index (χ2n) is 2.18. The van der Waals surface area contributed by atoms with E-state index in [-0.39, 0.29) is 12.4 Å². The standard InChI is InChI=1S/C6H13.ClH.Zn/c1-4-5-6(2)3;;/h6H,2,4-5H2,1,3H3;1H;/q;;+1/p-1. The van der Waals surface area contributed by atoms with Crippen molar-refractivity contribution < 1.29 is 30.7 Å². The van der Waals surface area contributed by atoms with Crippen LogP contribution in [0.3, 0.4) is 0 Å². The molecule has 0 N–H and O–H groups in total. The Balaban J connectivity index is 0. The molecule has 0 saturated heterocycles. The zero-order chi connectivity index (χ0) is 5.70. The van der Waals surface area contributed by atoms with E-state index in [4.69, 9.17) is 0 Å². The third kappa shape index (κ3) is 6.91. The second kappa shape index (κ2) is 7.91. The van der Waals surface area contributed by atoms with Crippen LogP contribution in [-0.4, -0.2) is 0 Å². The number of rotatable bonds is 3. The van der Waals surface area contributed by atoms with Gasteiger partial charge < -0.3 is 12.4 Å². The summed E-state index contributed by atoms with van der Waals surface area (Å²) in [7, 11) is 0. The Kier molecular flexibility index (Phi) is 11.6. The topological polar surface area (TPSA) is 0 Å². The quantitative estimate of drug-likeness (QED) is 0.516. The molecule has 0 aliphatic carbocycles. The molecule has 0 heterocycles. The maximum Gasteiger partial charge on any atom is -1.00 e. The van der Waals surface area contributed by atoms with Crippen molar-refractivity contribution in [2.24, 2.45) is 5.92 Å². The fourth-order valence-corrected chi connectivity index (χ4v) is 1.24. The van der Waals surface area contributed by atoms with Gasteiger partial charge in [-0.2, -0.15) is 0 Å². The van der Waals surface area contributed by atoms with Gasteiger partial charge in [-0.05, 0) is 0 Å². The Morgan fingerprint density at radius 3 is 2.12 bits per heavy atom. The summed E-state index contributed by atoms with van der Waals surface area (Å²) in [5.41, 5.74) is 0. The average molecular weight is 186 g/mol. The summed E-state index contributed by atoms with van der Waals surface area (Å²) in [5.74, 6) is 1.00. The monoisotopic (exact) mass is 184 g/mol. The van der Waals surface area contributed by atoms with Gasteiger partial charge in [0, 0.05) is 0 Å². The molecule has 0 aromatic heterocycles. The smallest absolute Gasteiger partial charge is 1.00 e. The predicted octanol–water partition coefficient (Wildman–Crippen LogP) is -0.608. The summed E-state index contributed by atoms with van der Waals surface area (Å²) in [4.78, 5) is 0. The van der Waals surface area contributed by atoms with Gasteiger partial charge in [0.25, 0.3) is 0 Å². The van der Waals surface area contributed by atoms with Crippen LogP contribution in [-0.2, 0) is 18.3 Å². The van der Waals surface area contributed by atoms with E-state index >= 15 is 0 Å². The molecule has 0 rings (SSSR count). The van der Waals surface area contributed by atoms with Crippen molar-refractivity contribution in [2.45, 2.75) is 31.7 Å². The van der Waals surface area contributed by atoms with Crippen LogP contribution in [0.1, 0.15) is 26.7 Å². The molecule has 0 spiro atoms. The largest absolute Gasteiger partial charge is 1.00 e. The first kappa shape index (κ1) is 11.7. The molecule has 0 aromatic rings.